The van der Waals surface area contributed by atoms with Gasteiger partial charge in [0.2, 0.25) is 0 Å². The van der Waals surface area contributed by atoms with Crippen LogP contribution in [0.25, 0.3) is 0 Å². The third-order valence-electron chi connectivity index (χ3n) is 4.93. The lowest BCUT2D eigenvalue weighted by molar-refractivity contribution is -0.0876. The smallest absolute Gasteiger partial charge is 0.128 e. The minimum atomic E-state index is -0.472. The van der Waals surface area contributed by atoms with Crippen molar-refractivity contribution in [3.05, 3.63) is 28.8 Å². The molecule has 2 atom stereocenters. The lowest BCUT2D eigenvalue weighted by atomic mass is 9.83. The van der Waals surface area contributed by atoms with Gasteiger partial charge in [-0.2, -0.15) is 0 Å². The molecule has 0 spiro atoms. The first kappa shape index (κ1) is 14.9. The van der Waals surface area contributed by atoms with Crippen LogP contribution in [0.3, 0.4) is 0 Å². The molecule has 3 rings (SSSR count). The van der Waals surface area contributed by atoms with E-state index in [2.05, 4.69) is 44.7 Å². The second-order valence-electron chi connectivity index (χ2n) is 7.19. The van der Waals surface area contributed by atoms with E-state index in [-0.39, 0.29) is 11.6 Å². The van der Waals surface area contributed by atoms with Crippen LogP contribution >= 0.6 is 0 Å². The highest BCUT2D eigenvalue weighted by atomic mass is 16.5. The Morgan fingerprint density at radius 2 is 1.81 bits per heavy atom. The van der Waals surface area contributed by atoms with E-state index < -0.39 is 6.10 Å². The molecule has 2 aliphatic rings. The van der Waals surface area contributed by atoms with Crippen LogP contribution in [0, 0.1) is 13.8 Å². The maximum absolute atomic E-state index is 11.0. The van der Waals surface area contributed by atoms with Gasteiger partial charge >= 0.3 is 0 Å². The van der Waals surface area contributed by atoms with Gasteiger partial charge in [0.1, 0.15) is 17.5 Å². The van der Waals surface area contributed by atoms with Crippen LogP contribution in [0.15, 0.2) is 12.1 Å². The van der Waals surface area contributed by atoms with E-state index in [0.29, 0.717) is 0 Å². The van der Waals surface area contributed by atoms with Gasteiger partial charge in [0.25, 0.3) is 0 Å². The Morgan fingerprint density at radius 1 is 1.14 bits per heavy atom. The third kappa shape index (κ3) is 2.58. The quantitative estimate of drug-likeness (QED) is 0.860. The van der Waals surface area contributed by atoms with Crippen molar-refractivity contribution in [2.45, 2.75) is 64.7 Å². The number of ether oxygens (including phenoxy) is 1. The number of aryl methyl sites for hydroxylation is 2. The molecule has 1 saturated heterocycles. The van der Waals surface area contributed by atoms with Gasteiger partial charge in [0, 0.05) is 5.56 Å². The van der Waals surface area contributed by atoms with Crippen molar-refractivity contribution in [2.24, 2.45) is 0 Å². The molecule has 0 amide bonds. The van der Waals surface area contributed by atoms with Crippen LogP contribution in [0.2, 0.25) is 0 Å². The van der Waals surface area contributed by atoms with Crippen LogP contribution in [0.1, 0.15) is 55.9 Å². The van der Waals surface area contributed by atoms with E-state index in [1.54, 1.807) is 0 Å². The summed E-state index contributed by atoms with van der Waals surface area (Å²) < 4.78 is 6.34. The van der Waals surface area contributed by atoms with Crippen molar-refractivity contribution in [3.63, 3.8) is 0 Å². The summed E-state index contributed by atoms with van der Waals surface area (Å²) >= 11 is 0. The number of piperidine rings is 1. The molecule has 3 heteroatoms. The van der Waals surface area contributed by atoms with Crippen LogP contribution < -0.4 is 4.74 Å². The van der Waals surface area contributed by atoms with Gasteiger partial charge < -0.3 is 9.84 Å². The first-order chi connectivity index (χ1) is 9.90. The summed E-state index contributed by atoms with van der Waals surface area (Å²) in [6, 6.07) is 4.24. The van der Waals surface area contributed by atoms with Gasteiger partial charge in [0.15, 0.2) is 0 Å². The van der Waals surface area contributed by atoms with Gasteiger partial charge in [-0.1, -0.05) is 18.1 Å². The van der Waals surface area contributed by atoms with E-state index in [1.807, 2.05) is 0 Å². The maximum Gasteiger partial charge on any atom is 0.128 e. The van der Waals surface area contributed by atoms with Gasteiger partial charge in [0.05, 0.1) is 6.04 Å². The molecular formula is C18H27NO2. The molecule has 2 heterocycles. The topological polar surface area (TPSA) is 32.7 Å². The monoisotopic (exact) mass is 289 g/mol. The average molecular weight is 289 g/mol. The van der Waals surface area contributed by atoms with Crippen molar-refractivity contribution in [2.75, 3.05) is 13.1 Å². The maximum atomic E-state index is 11.0. The van der Waals surface area contributed by atoms with Gasteiger partial charge in [-0.05, 0) is 65.3 Å². The molecule has 1 N–H and O–H groups in total. The lowest BCUT2D eigenvalue weighted by Crippen LogP contribution is -2.59. The molecule has 1 aromatic rings. The Balaban J connectivity index is 2.02. The third-order valence-corrected chi connectivity index (χ3v) is 4.93. The number of aliphatic hydroxyl groups is 1. The largest absolute Gasteiger partial charge is 0.485 e. The number of benzene rings is 1. The van der Waals surface area contributed by atoms with E-state index in [9.17, 15) is 5.11 Å². The predicted molar refractivity (Wildman–Crippen MR) is 84.8 cm³/mol. The van der Waals surface area contributed by atoms with Crippen molar-refractivity contribution < 1.29 is 9.84 Å². The molecule has 116 valence electrons. The number of fused-ring (bicyclic) bond motifs is 1. The lowest BCUT2D eigenvalue weighted by Gasteiger charge is -2.49. The normalized spacial score (nSPS) is 28.8. The summed E-state index contributed by atoms with van der Waals surface area (Å²) in [4.78, 5) is 2.43. The molecule has 1 aromatic carbocycles. The first-order valence-electron chi connectivity index (χ1n) is 8.12. The highest BCUT2D eigenvalue weighted by Crippen LogP contribution is 2.44. The zero-order valence-electron chi connectivity index (χ0n) is 13.6. The molecule has 0 saturated carbocycles. The molecule has 0 bridgehead atoms. The Kier molecular flexibility index (Phi) is 3.74. The number of hydrogen-bond acceptors (Lipinski definition) is 3. The molecule has 1 fully saturated rings. The number of aliphatic hydroxyl groups excluding tert-OH is 1. The molecular weight excluding hydrogens is 262 g/mol. The zero-order chi connectivity index (χ0) is 15.2. The minimum Gasteiger partial charge on any atom is -0.485 e. The molecule has 0 aromatic heterocycles. The molecule has 2 aliphatic heterocycles. The van der Waals surface area contributed by atoms with E-state index >= 15 is 0 Å². The summed E-state index contributed by atoms with van der Waals surface area (Å²) in [6.45, 7) is 10.5. The fourth-order valence-electron chi connectivity index (χ4n) is 4.06. The van der Waals surface area contributed by atoms with Gasteiger partial charge in [-0.15, -0.1) is 0 Å². The SMILES string of the molecule is Cc1cc(C)c2c(c1)C(O)C(N1CCCCC1)C(C)(C)O2. The van der Waals surface area contributed by atoms with Crippen LogP contribution in [0.4, 0.5) is 0 Å². The van der Waals surface area contributed by atoms with E-state index in [4.69, 9.17) is 4.74 Å². The average Bonchev–Trinajstić information content (AvgIpc) is 2.41. The predicted octanol–water partition coefficient (Wildman–Crippen LogP) is 3.36. The van der Waals surface area contributed by atoms with Gasteiger partial charge in [-0.25, -0.2) is 0 Å². The molecule has 0 radical (unpaired) electrons. The summed E-state index contributed by atoms with van der Waals surface area (Å²) in [5, 5.41) is 11.0. The fraction of sp³-hybridized carbons (Fsp3) is 0.667. The number of likely N-dealkylation sites (tertiary alicyclic amines) is 1. The molecule has 2 unspecified atom stereocenters. The Bertz CT molecular complexity index is 532. The molecule has 3 nitrogen and oxygen atoms in total. The number of hydrogen-bond donors (Lipinski definition) is 1. The summed E-state index contributed by atoms with van der Waals surface area (Å²) in [5.41, 5.74) is 2.90. The van der Waals surface area contributed by atoms with Crippen molar-refractivity contribution in [3.8, 4) is 5.75 Å². The summed E-state index contributed by atoms with van der Waals surface area (Å²) in [5.74, 6) is 0.881. The summed E-state index contributed by atoms with van der Waals surface area (Å²) in [6.07, 6.45) is 3.27. The molecule has 21 heavy (non-hydrogen) atoms. The highest BCUT2D eigenvalue weighted by Gasteiger charge is 2.46. The fourth-order valence-corrected chi connectivity index (χ4v) is 4.06. The van der Waals surface area contributed by atoms with Crippen LogP contribution in [0.5, 0.6) is 5.75 Å². The van der Waals surface area contributed by atoms with Crippen molar-refractivity contribution >= 4 is 0 Å². The van der Waals surface area contributed by atoms with Crippen LogP contribution in [-0.2, 0) is 0 Å². The second kappa shape index (κ2) is 5.29. The van der Waals surface area contributed by atoms with Crippen LogP contribution in [-0.4, -0.2) is 34.7 Å². The van der Waals surface area contributed by atoms with Gasteiger partial charge in [-0.3, -0.25) is 4.90 Å². The Labute approximate surface area is 127 Å². The zero-order valence-corrected chi connectivity index (χ0v) is 13.6. The van der Waals surface area contributed by atoms with Crippen molar-refractivity contribution in [1.29, 1.82) is 0 Å². The number of nitrogens with zero attached hydrogens (tertiary/aromatic N) is 1. The summed E-state index contributed by atoms with van der Waals surface area (Å²) in [7, 11) is 0. The first-order valence-corrected chi connectivity index (χ1v) is 8.12. The number of rotatable bonds is 1. The molecule has 0 aliphatic carbocycles. The Morgan fingerprint density at radius 3 is 2.48 bits per heavy atom. The second-order valence-corrected chi connectivity index (χ2v) is 7.19. The Hall–Kier alpha value is -1.06. The van der Waals surface area contributed by atoms with Crippen molar-refractivity contribution in [1.82, 2.24) is 4.90 Å². The highest BCUT2D eigenvalue weighted by molar-refractivity contribution is 5.48. The van der Waals surface area contributed by atoms with E-state index in [0.717, 1.165) is 30.0 Å². The minimum absolute atomic E-state index is 0.0338. The standard InChI is InChI=1S/C18H27NO2/c1-12-10-13(2)16-14(11-12)15(20)17(18(3,4)21-16)19-8-6-5-7-9-19/h10-11,15,17,20H,5-9H2,1-4H3. The van der Waals surface area contributed by atoms with E-state index in [1.165, 1.54) is 24.8 Å².